The molecule has 0 fully saturated rings. The fourth-order valence-corrected chi connectivity index (χ4v) is 2.01. The first-order valence-electron chi connectivity index (χ1n) is 5.63. The third-order valence-corrected chi connectivity index (χ3v) is 3.06. The Kier molecular flexibility index (Phi) is 3.43. The zero-order chi connectivity index (χ0) is 13.3. The van der Waals surface area contributed by atoms with Gasteiger partial charge in [-0.1, -0.05) is 18.2 Å². The number of nitrogens with zero attached hydrogens (tertiary/aromatic N) is 1. The van der Waals surface area contributed by atoms with Gasteiger partial charge in [0.2, 0.25) is 0 Å². The summed E-state index contributed by atoms with van der Waals surface area (Å²) in [6.07, 6.45) is -2.30. The Morgan fingerprint density at radius 1 is 1.22 bits per heavy atom. The number of halogens is 4. The zero-order valence-corrected chi connectivity index (χ0v) is 9.89. The van der Waals surface area contributed by atoms with E-state index in [1.807, 2.05) is 11.9 Å². The molecule has 2 rings (SSSR count). The lowest BCUT2D eigenvalue weighted by atomic mass is 9.97. The second-order valence-electron chi connectivity index (χ2n) is 4.41. The van der Waals surface area contributed by atoms with E-state index in [4.69, 9.17) is 0 Å². The first-order valence-corrected chi connectivity index (χ1v) is 5.63. The molecule has 98 valence electrons. The van der Waals surface area contributed by atoms with Crippen LogP contribution in [0.3, 0.4) is 0 Å². The normalized spacial score (nSPS) is 17.7. The molecular weight excluding hydrogens is 246 g/mol. The molecule has 1 aromatic rings. The molecule has 0 aliphatic carbocycles. The molecule has 0 amide bonds. The van der Waals surface area contributed by atoms with E-state index in [1.165, 1.54) is 12.1 Å². The van der Waals surface area contributed by atoms with Crippen molar-refractivity contribution in [2.45, 2.75) is 12.6 Å². The standard InChI is InChI=1S/C13H13F4N/c1-18-7-5-9(6-8-18)10-3-2-4-11(12(10)14)13(15,16)17/h2-5H,6-8H2,1H3. The number of benzene rings is 1. The summed E-state index contributed by atoms with van der Waals surface area (Å²) in [4.78, 5) is 2.02. The van der Waals surface area contributed by atoms with Crippen molar-refractivity contribution in [2.24, 2.45) is 0 Å². The highest BCUT2D eigenvalue weighted by Gasteiger charge is 2.35. The van der Waals surface area contributed by atoms with Crippen molar-refractivity contribution >= 4 is 5.57 Å². The van der Waals surface area contributed by atoms with Crippen LogP contribution in [0.4, 0.5) is 17.6 Å². The van der Waals surface area contributed by atoms with E-state index < -0.39 is 17.6 Å². The predicted molar refractivity (Wildman–Crippen MR) is 61.5 cm³/mol. The van der Waals surface area contributed by atoms with Crippen LogP contribution < -0.4 is 0 Å². The molecule has 0 bridgehead atoms. The van der Waals surface area contributed by atoms with E-state index in [0.717, 1.165) is 12.6 Å². The fourth-order valence-electron chi connectivity index (χ4n) is 2.01. The van der Waals surface area contributed by atoms with Crippen molar-refractivity contribution in [3.63, 3.8) is 0 Å². The third-order valence-electron chi connectivity index (χ3n) is 3.06. The Labute approximate surface area is 103 Å². The Hall–Kier alpha value is -1.36. The van der Waals surface area contributed by atoms with E-state index in [9.17, 15) is 17.6 Å². The van der Waals surface area contributed by atoms with Crippen LogP contribution in [0, 0.1) is 5.82 Å². The summed E-state index contributed by atoms with van der Waals surface area (Å²) in [5.74, 6) is -1.17. The molecule has 0 N–H and O–H groups in total. The van der Waals surface area contributed by atoms with E-state index in [-0.39, 0.29) is 5.56 Å². The maximum atomic E-state index is 13.9. The molecule has 1 nitrogen and oxygen atoms in total. The lowest BCUT2D eigenvalue weighted by Gasteiger charge is -2.23. The first-order chi connectivity index (χ1) is 8.39. The molecule has 0 saturated carbocycles. The smallest absolute Gasteiger partial charge is 0.302 e. The van der Waals surface area contributed by atoms with Gasteiger partial charge in [0.15, 0.2) is 0 Å². The molecule has 18 heavy (non-hydrogen) atoms. The summed E-state index contributed by atoms with van der Waals surface area (Å²) in [5, 5.41) is 0. The van der Waals surface area contributed by atoms with Gasteiger partial charge < -0.3 is 4.90 Å². The maximum absolute atomic E-state index is 13.9. The molecule has 0 atom stereocenters. The van der Waals surface area contributed by atoms with Gasteiger partial charge in [-0.3, -0.25) is 0 Å². The minimum absolute atomic E-state index is 0.0675. The Bertz CT molecular complexity index is 476. The molecule has 0 spiro atoms. The highest BCUT2D eigenvalue weighted by molar-refractivity contribution is 5.67. The van der Waals surface area contributed by atoms with Crippen LogP contribution in [0.15, 0.2) is 24.3 Å². The van der Waals surface area contributed by atoms with Gasteiger partial charge in [-0.15, -0.1) is 0 Å². The van der Waals surface area contributed by atoms with Gasteiger partial charge >= 0.3 is 6.18 Å². The Morgan fingerprint density at radius 3 is 2.50 bits per heavy atom. The average Bonchev–Trinajstić information content (AvgIpc) is 2.29. The van der Waals surface area contributed by atoms with Crippen LogP contribution in [-0.2, 0) is 6.18 Å². The van der Waals surface area contributed by atoms with Crippen LogP contribution >= 0.6 is 0 Å². The lowest BCUT2D eigenvalue weighted by molar-refractivity contribution is -0.140. The van der Waals surface area contributed by atoms with Crippen molar-refractivity contribution in [3.05, 3.63) is 41.2 Å². The average molecular weight is 259 g/mol. The summed E-state index contributed by atoms with van der Waals surface area (Å²) < 4.78 is 51.6. The monoisotopic (exact) mass is 259 g/mol. The van der Waals surface area contributed by atoms with Crippen LogP contribution in [0.2, 0.25) is 0 Å². The van der Waals surface area contributed by atoms with Crippen LogP contribution in [0.25, 0.3) is 5.57 Å². The van der Waals surface area contributed by atoms with Crippen molar-refractivity contribution in [1.29, 1.82) is 0 Å². The van der Waals surface area contributed by atoms with Gasteiger partial charge in [0.1, 0.15) is 5.82 Å². The Balaban J connectivity index is 2.41. The van der Waals surface area contributed by atoms with Crippen LogP contribution in [0.5, 0.6) is 0 Å². The molecule has 1 aromatic carbocycles. The number of hydrogen-bond donors (Lipinski definition) is 0. The zero-order valence-electron chi connectivity index (χ0n) is 9.89. The number of likely N-dealkylation sites (N-methyl/N-ethyl adjacent to an activating group) is 1. The fraction of sp³-hybridized carbons (Fsp3) is 0.385. The van der Waals surface area contributed by atoms with E-state index in [2.05, 4.69) is 0 Å². The molecule has 5 heteroatoms. The molecule has 1 heterocycles. The molecule has 0 radical (unpaired) electrons. The van der Waals surface area contributed by atoms with Gasteiger partial charge in [0.05, 0.1) is 5.56 Å². The van der Waals surface area contributed by atoms with Gasteiger partial charge in [0, 0.05) is 18.7 Å². The summed E-state index contributed by atoms with van der Waals surface area (Å²) in [6, 6.07) is 3.43. The second-order valence-corrected chi connectivity index (χ2v) is 4.41. The molecule has 0 saturated heterocycles. The van der Waals surface area contributed by atoms with E-state index >= 15 is 0 Å². The number of alkyl halides is 3. The van der Waals surface area contributed by atoms with Crippen molar-refractivity contribution in [3.8, 4) is 0 Å². The number of hydrogen-bond acceptors (Lipinski definition) is 1. The molecule has 1 aliphatic rings. The van der Waals surface area contributed by atoms with Crippen LogP contribution in [0.1, 0.15) is 17.5 Å². The summed E-state index contributed by atoms with van der Waals surface area (Å²) in [6.45, 7) is 1.35. The highest BCUT2D eigenvalue weighted by Crippen LogP contribution is 2.35. The summed E-state index contributed by atoms with van der Waals surface area (Å²) >= 11 is 0. The quantitative estimate of drug-likeness (QED) is 0.697. The second kappa shape index (κ2) is 4.72. The van der Waals surface area contributed by atoms with Crippen molar-refractivity contribution < 1.29 is 17.6 Å². The van der Waals surface area contributed by atoms with Gasteiger partial charge in [-0.2, -0.15) is 13.2 Å². The minimum Gasteiger partial charge on any atom is -0.302 e. The van der Waals surface area contributed by atoms with Crippen LogP contribution in [-0.4, -0.2) is 25.0 Å². The van der Waals surface area contributed by atoms with Crippen molar-refractivity contribution in [1.82, 2.24) is 4.90 Å². The van der Waals surface area contributed by atoms with E-state index in [1.54, 1.807) is 6.08 Å². The lowest BCUT2D eigenvalue weighted by Crippen LogP contribution is -2.24. The molecule has 0 aromatic heterocycles. The number of rotatable bonds is 1. The van der Waals surface area contributed by atoms with Gasteiger partial charge in [0.25, 0.3) is 0 Å². The van der Waals surface area contributed by atoms with E-state index in [0.29, 0.717) is 18.5 Å². The largest absolute Gasteiger partial charge is 0.419 e. The minimum atomic E-state index is -4.65. The van der Waals surface area contributed by atoms with Crippen molar-refractivity contribution in [2.75, 3.05) is 20.1 Å². The third kappa shape index (κ3) is 2.56. The maximum Gasteiger partial charge on any atom is 0.419 e. The molecule has 0 unspecified atom stereocenters. The van der Waals surface area contributed by atoms with Gasteiger partial charge in [-0.25, -0.2) is 4.39 Å². The SMILES string of the molecule is CN1CC=C(c2cccc(C(F)(F)F)c2F)CC1. The molecule has 1 aliphatic heterocycles. The van der Waals surface area contributed by atoms with Gasteiger partial charge in [-0.05, 0) is 25.1 Å². The first kappa shape index (κ1) is 13.1. The summed E-state index contributed by atoms with van der Waals surface area (Å²) in [5.41, 5.74) is -0.477. The summed E-state index contributed by atoms with van der Waals surface area (Å²) in [7, 11) is 1.91. The molecular formula is C13H13F4N. The predicted octanol–water partition coefficient (Wildman–Crippen LogP) is 3.56. The Morgan fingerprint density at radius 2 is 1.94 bits per heavy atom. The highest BCUT2D eigenvalue weighted by atomic mass is 19.4. The topological polar surface area (TPSA) is 3.24 Å².